The molecule has 4 nitrogen and oxygen atoms in total. The van der Waals surface area contributed by atoms with E-state index in [0.717, 1.165) is 24.3 Å². The lowest BCUT2D eigenvalue weighted by Gasteiger charge is -2.46. The van der Waals surface area contributed by atoms with E-state index < -0.39 is 17.6 Å². The monoisotopic (exact) mass is 373 g/mol. The van der Waals surface area contributed by atoms with E-state index in [4.69, 9.17) is 16.3 Å². The first kappa shape index (κ1) is 16.4. The van der Waals surface area contributed by atoms with E-state index in [1.54, 1.807) is 6.20 Å². The Bertz CT molecular complexity index is 754. The molecule has 0 saturated carbocycles. The summed E-state index contributed by atoms with van der Waals surface area (Å²) in [7, 11) is 0. The molecule has 4 rings (SSSR count). The maximum absolute atomic E-state index is 15.1. The van der Waals surface area contributed by atoms with Crippen LogP contribution < -0.4 is 5.32 Å². The van der Waals surface area contributed by atoms with Gasteiger partial charge >= 0.3 is 0 Å². The number of hydrogen-bond donors (Lipinski definition) is 2. The lowest BCUT2D eigenvalue weighted by atomic mass is 9.82. The van der Waals surface area contributed by atoms with E-state index in [-0.39, 0.29) is 12.0 Å². The van der Waals surface area contributed by atoms with E-state index >= 15 is 8.78 Å². The number of aromatic nitrogens is 2. The third-order valence-corrected chi connectivity index (χ3v) is 6.45. The fourth-order valence-corrected chi connectivity index (χ4v) is 5.10. The molecule has 2 aromatic rings. The molecule has 0 unspecified atom stereocenters. The van der Waals surface area contributed by atoms with Crippen molar-refractivity contribution in [1.82, 2.24) is 15.5 Å². The zero-order valence-corrected chi connectivity index (χ0v) is 14.7. The molecule has 1 fully saturated rings. The Morgan fingerprint density at radius 3 is 2.83 bits per heavy atom. The molecule has 1 atom stereocenters. The van der Waals surface area contributed by atoms with Crippen molar-refractivity contribution in [2.24, 2.45) is 0 Å². The Morgan fingerprint density at radius 2 is 2.17 bits per heavy atom. The van der Waals surface area contributed by atoms with E-state index in [9.17, 15) is 0 Å². The number of halogens is 3. The molecule has 130 valence electrons. The summed E-state index contributed by atoms with van der Waals surface area (Å²) in [5.41, 5.74) is 0.927. The summed E-state index contributed by atoms with van der Waals surface area (Å²) in [6.07, 6.45) is 1.85. The maximum atomic E-state index is 15.1. The van der Waals surface area contributed by atoms with Gasteiger partial charge in [0.05, 0.1) is 10.5 Å². The van der Waals surface area contributed by atoms with E-state index in [0.29, 0.717) is 22.1 Å². The average Bonchev–Trinajstić information content (AvgIpc) is 3.14. The number of aromatic amines is 1. The molecule has 0 aromatic carbocycles. The minimum atomic E-state index is -3.07. The van der Waals surface area contributed by atoms with Gasteiger partial charge in [-0.15, -0.1) is 11.3 Å². The second kappa shape index (κ2) is 5.76. The summed E-state index contributed by atoms with van der Waals surface area (Å²) >= 11 is 7.32. The largest absolute Gasteiger partial charge is 0.359 e. The number of piperidine rings is 1. The predicted molar refractivity (Wildman–Crippen MR) is 88.9 cm³/mol. The molecule has 0 bridgehead atoms. The highest BCUT2D eigenvalue weighted by Crippen LogP contribution is 2.54. The van der Waals surface area contributed by atoms with Crippen molar-refractivity contribution >= 4 is 22.9 Å². The summed E-state index contributed by atoms with van der Waals surface area (Å²) in [5, 5.41) is 10.0. The van der Waals surface area contributed by atoms with Crippen LogP contribution in [-0.4, -0.2) is 29.4 Å². The first-order valence-electron chi connectivity index (χ1n) is 7.98. The van der Waals surface area contributed by atoms with Crippen molar-refractivity contribution in [3.63, 3.8) is 0 Å². The molecule has 2 N–H and O–H groups in total. The van der Waals surface area contributed by atoms with Crippen molar-refractivity contribution in [3.8, 4) is 0 Å². The zero-order chi connectivity index (χ0) is 16.9. The van der Waals surface area contributed by atoms with Crippen LogP contribution in [0.25, 0.3) is 0 Å². The number of ether oxygens (including phenoxy) is 1. The Morgan fingerprint density at radius 1 is 1.42 bits per heavy atom. The lowest BCUT2D eigenvalue weighted by Crippen LogP contribution is -2.52. The Hall–Kier alpha value is -1.02. The smallest absolute Gasteiger partial charge is 0.300 e. The third kappa shape index (κ3) is 2.49. The van der Waals surface area contributed by atoms with E-state index in [1.807, 2.05) is 6.92 Å². The van der Waals surface area contributed by atoms with E-state index in [1.165, 1.54) is 17.4 Å². The zero-order valence-electron chi connectivity index (χ0n) is 13.2. The number of fused-ring (bicyclic) bond motifs is 2. The number of thiophene rings is 1. The number of nitrogens with zero attached hydrogens (tertiary/aromatic N) is 1. The van der Waals surface area contributed by atoms with Crippen molar-refractivity contribution in [2.75, 3.05) is 13.1 Å². The van der Waals surface area contributed by atoms with Gasteiger partial charge in [0.2, 0.25) is 0 Å². The lowest BCUT2D eigenvalue weighted by molar-refractivity contribution is -0.227. The van der Waals surface area contributed by atoms with Crippen molar-refractivity contribution in [2.45, 2.75) is 43.8 Å². The fraction of sp³-hybridized carbons (Fsp3) is 0.562. The molecule has 4 heterocycles. The molecule has 0 aliphatic carbocycles. The van der Waals surface area contributed by atoms with Gasteiger partial charge < -0.3 is 10.1 Å². The van der Waals surface area contributed by atoms with Gasteiger partial charge in [0.1, 0.15) is 11.7 Å². The third-order valence-electron chi connectivity index (χ3n) is 5.00. The van der Waals surface area contributed by atoms with Crippen LogP contribution in [0.3, 0.4) is 0 Å². The Kier molecular flexibility index (Phi) is 3.95. The standard InChI is InChI=1S/C16H18ClF2N3OS/c1-9-10(8-21-22-9)6-12-16(18,19)11-7-13(17)24-14(11)15(23-12)2-4-20-5-3-15/h7-8,12,20H,2-6H2,1H3,(H,21,22)/t12-/m1/s1. The Labute approximate surface area is 147 Å². The quantitative estimate of drug-likeness (QED) is 0.843. The first-order chi connectivity index (χ1) is 11.4. The van der Waals surface area contributed by atoms with Gasteiger partial charge in [-0.05, 0) is 44.5 Å². The van der Waals surface area contributed by atoms with Crippen LogP contribution in [0.2, 0.25) is 4.34 Å². The van der Waals surface area contributed by atoms with Crippen LogP contribution in [0.4, 0.5) is 8.78 Å². The minimum Gasteiger partial charge on any atom is -0.359 e. The second-order valence-electron chi connectivity index (χ2n) is 6.49. The number of aryl methyl sites for hydroxylation is 1. The first-order valence-corrected chi connectivity index (χ1v) is 9.17. The number of hydrogen-bond acceptors (Lipinski definition) is 4. The predicted octanol–water partition coefficient (Wildman–Crippen LogP) is 3.75. The van der Waals surface area contributed by atoms with Gasteiger partial charge in [-0.25, -0.2) is 0 Å². The van der Waals surface area contributed by atoms with Crippen LogP contribution in [0, 0.1) is 6.92 Å². The molecule has 1 saturated heterocycles. The molecule has 8 heteroatoms. The number of nitrogens with one attached hydrogen (secondary N) is 2. The van der Waals surface area contributed by atoms with Gasteiger partial charge in [0, 0.05) is 22.6 Å². The van der Waals surface area contributed by atoms with Crippen molar-refractivity contribution in [1.29, 1.82) is 0 Å². The normalized spacial score (nSPS) is 24.9. The van der Waals surface area contributed by atoms with Crippen LogP contribution in [0.1, 0.15) is 34.5 Å². The summed E-state index contributed by atoms with van der Waals surface area (Å²) in [5.74, 6) is -3.07. The Balaban J connectivity index is 1.77. The molecule has 2 aliphatic heterocycles. The van der Waals surface area contributed by atoms with Gasteiger partial charge in [-0.1, -0.05) is 11.6 Å². The molecule has 2 aliphatic rings. The number of H-pyrrole nitrogens is 1. The highest BCUT2D eigenvalue weighted by molar-refractivity contribution is 7.16. The van der Waals surface area contributed by atoms with Crippen LogP contribution in [0.5, 0.6) is 0 Å². The highest BCUT2D eigenvalue weighted by Gasteiger charge is 2.56. The summed E-state index contributed by atoms with van der Waals surface area (Å²) in [6, 6.07) is 1.42. The van der Waals surface area contributed by atoms with E-state index in [2.05, 4.69) is 15.5 Å². The molecular formula is C16H18ClF2N3OS. The molecule has 0 radical (unpaired) electrons. The van der Waals surface area contributed by atoms with Gasteiger partial charge in [0.15, 0.2) is 0 Å². The summed E-state index contributed by atoms with van der Waals surface area (Å²) in [6.45, 7) is 3.33. The SMILES string of the molecule is Cc1[nH]ncc1C[C@H]1OC2(CCNCC2)c2sc(Cl)cc2C1(F)F. The number of alkyl halides is 2. The minimum absolute atomic E-state index is 0.0387. The molecule has 2 aromatic heterocycles. The number of rotatable bonds is 2. The molecular weight excluding hydrogens is 356 g/mol. The highest BCUT2D eigenvalue weighted by atomic mass is 35.5. The summed E-state index contributed by atoms with van der Waals surface area (Å²) in [4.78, 5) is 0.596. The van der Waals surface area contributed by atoms with Gasteiger partial charge in [-0.3, -0.25) is 5.10 Å². The second-order valence-corrected chi connectivity index (χ2v) is 8.17. The fourth-order valence-electron chi connectivity index (χ4n) is 3.65. The molecule has 1 spiro atoms. The maximum Gasteiger partial charge on any atom is 0.300 e. The summed E-state index contributed by atoms with van der Waals surface area (Å²) < 4.78 is 36.7. The van der Waals surface area contributed by atoms with Crippen LogP contribution in [0.15, 0.2) is 12.3 Å². The average molecular weight is 374 g/mol. The van der Waals surface area contributed by atoms with Crippen LogP contribution in [-0.2, 0) is 22.7 Å². The van der Waals surface area contributed by atoms with Crippen LogP contribution >= 0.6 is 22.9 Å². The van der Waals surface area contributed by atoms with Crippen molar-refractivity contribution < 1.29 is 13.5 Å². The van der Waals surface area contributed by atoms with Gasteiger partial charge in [-0.2, -0.15) is 13.9 Å². The molecule has 0 amide bonds. The molecule has 24 heavy (non-hydrogen) atoms. The topological polar surface area (TPSA) is 49.9 Å². The van der Waals surface area contributed by atoms with Gasteiger partial charge in [0.25, 0.3) is 5.92 Å². The van der Waals surface area contributed by atoms with Crippen molar-refractivity contribution in [3.05, 3.63) is 38.3 Å².